The van der Waals surface area contributed by atoms with Gasteiger partial charge in [-0.05, 0) is 37.6 Å². The van der Waals surface area contributed by atoms with E-state index in [9.17, 15) is 4.79 Å². The van der Waals surface area contributed by atoms with Crippen molar-refractivity contribution >= 4 is 18.3 Å². The molecule has 0 aliphatic heterocycles. The number of benzene rings is 1. The molecule has 0 aliphatic rings. The SMILES string of the molecule is CCCOc1ccc(CCC(=O)NCCNC)cc1.Cl. The average Bonchev–Trinajstić information content (AvgIpc) is 2.44. The fourth-order valence-corrected chi connectivity index (χ4v) is 1.65. The van der Waals surface area contributed by atoms with Crippen molar-refractivity contribution in [3.05, 3.63) is 29.8 Å². The molecule has 20 heavy (non-hydrogen) atoms. The minimum absolute atomic E-state index is 0. The second-order valence-corrected chi connectivity index (χ2v) is 4.45. The first-order valence-electron chi connectivity index (χ1n) is 6.89. The van der Waals surface area contributed by atoms with E-state index in [4.69, 9.17) is 4.74 Å². The van der Waals surface area contributed by atoms with Gasteiger partial charge in [0.25, 0.3) is 0 Å². The predicted molar refractivity (Wildman–Crippen MR) is 84.7 cm³/mol. The summed E-state index contributed by atoms with van der Waals surface area (Å²) in [5.74, 6) is 0.991. The lowest BCUT2D eigenvalue weighted by molar-refractivity contribution is -0.121. The van der Waals surface area contributed by atoms with E-state index in [1.165, 1.54) is 0 Å². The lowest BCUT2D eigenvalue weighted by Crippen LogP contribution is -2.30. The molecule has 1 aromatic carbocycles. The zero-order chi connectivity index (χ0) is 13.9. The number of hydrogen-bond donors (Lipinski definition) is 2. The van der Waals surface area contributed by atoms with E-state index in [1.54, 1.807) is 0 Å². The molecule has 0 spiro atoms. The molecule has 0 bridgehead atoms. The second kappa shape index (κ2) is 11.6. The van der Waals surface area contributed by atoms with Crippen LogP contribution in [0.4, 0.5) is 0 Å². The molecule has 0 saturated heterocycles. The van der Waals surface area contributed by atoms with Crippen molar-refractivity contribution in [2.75, 3.05) is 26.7 Å². The minimum Gasteiger partial charge on any atom is -0.494 e. The van der Waals surface area contributed by atoms with Crippen molar-refractivity contribution in [2.45, 2.75) is 26.2 Å². The molecule has 0 atom stereocenters. The quantitative estimate of drug-likeness (QED) is 0.687. The molecule has 4 nitrogen and oxygen atoms in total. The van der Waals surface area contributed by atoms with Crippen LogP contribution in [0.1, 0.15) is 25.3 Å². The van der Waals surface area contributed by atoms with Crippen LogP contribution in [0.2, 0.25) is 0 Å². The van der Waals surface area contributed by atoms with Crippen LogP contribution in [0, 0.1) is 0 Å². The average molecular weight is 301 g/mol. The summed E-state index contributed by atoms with van der Waals surface area (Å²) in [6.45, 7) is 4.31. The van der Waals surface area contributed by atoms with Gasteiger partial charge >= 0.3 is 0 Å². The van der Waals surface area contributed by atoms with E-state index < -0.39 is 0 Å². The molecule has 114 valence electrons. The van der Waals surface area contributed by atoms with Crippen molar-refractivity contribution in [2.24, 2.45) is 0 Å². The molecule has 0 aliphatic carbocycles. The highest BCUT2D eigenvalue weighted by Crippen LogP contribution is 2.13. The lowest BCUT2D eigenvalue weighted by atomic mass is 10.1. The maximum Gasteiger partial charge on any atom is 0.220 e. The van der Waals surface area contributed by atoms with Gasteiger partial charge in [0.1, 0.15) is 5.75 Å². The lowest BCUT2D eigenvalue weighted by Gasteiger charge is -2.07. The number of nitrogens with one attached hydrogen (secondary N) is 2. The summed E-state index contributed by atoms with van der Waals surface area (Å²) in [6.07, 6.45) is 2.30. The van der Waals surface area contributed by atoms with E-state index in [0.717, 1.165) is 37.3 Å². The Morgan fingerprint density at radius 2 is 1.90 bits per heavy atom. The summed E-state index contributed by atoms with van der Waals surface area (Å²) >= 11 is 0. The van der Waals surface area contributed by atoms with Crippen molar-refractivity contribution in [1.29, 1.82) is 0 Å². The highest BCUT2D eigenvalue weighted by atomic mass is 35.5. The fraction of sp³-hybridized carbons (Fsp3) is 0.533. The number of likely N-dealkylation sites (N-methyl/N-ethyl adjacent to an activating group) is 1. The number of halogens is 1. The number of hydrogen-bond acceptors (Lipinski definition) is 3. The fourth-order valence-electron chi connectivity index (χ4n) is 1.65. The number of ether oxygens (including phenoxy) is 1. The highest BCUT2D eigenvalue weighted by molar-refractivity contribution is 5.85. The molecule has 0 unspecified atom stereocenters. The van der Waals surface area contributed by atoms with Gasteiger partial charge in [0.05, 0.1) is 6.61 Å². The van der Waals surface area contributed by atoms with Crippen LogP contribution in [-0.2, 0) is 11.2 Å². The van der Waals surface area contributed by atoms with Crippen LogP contribution in [0.5, 0.6) is 5.75 Å². The molecule has 1 amide bonds. The Morgan fingerprint density at radius 1 is 1.20 bits per heavy atom. The highest BCUT2D eigenvalue weighted by Gasteiger charge is 2.02. The standard InChI is InChI=1S/C15H24N2O2.ClH/c1-3-12-19-14-7-4-13(5-8-14)6-9-15(18)17-11-10-16-2;/h4-5,7-8,16H,3,6,9-12H2,1-2H3,(H,17,18);1H. The van der Waals surface area contributed by atoms with Crippen LogP contribution in [0.3, 0.4) is 0 Å². The molecule has 0 saturated carbocycles. The van der Waals surface area contributed by atoms with E-state index >= 15 is 0 Å². The van der Waals surface area contributed by atoms with Gasteiger partial charge < -0.3 is 15.4 Å². The van der Waals surface area contributed by atoms with Gasteiger partial charge in [0.2, 0.25) is 5.91 Å². The third-order valence-electron chi connectivity index (χ3n) is 2.73. The van der Waals surface area contributed by atoms with Crippen LogP contribution in [0.25, 0.3) is 0 Å². The molecular weight excluding hydrogens is 276 g/mol. The third-order valence-corrected chi connectivity index (χ3v) is 2.73. The minimum atomic E-state index is 0. The summed E-state index contributed by atoms with van der Waals surface area (Å²) < 4.78 is 5.51. The van der Waals surface area contributed by atoms with Crippen LogP contribution < -0.4 is 15.4 Å². The molecule has 5 heteroatoms. The van der Waals surface area contributed by atoms with Crippen molar-refractivity contribution in [1.82, 2.24) is 10.6 Å². The maximum atomic E-state index is 11.5. The Balaban J connectivity index is 0.00000361. The van der Waals surface area contributed by atoms with Gasteiger partial charge in [0, 0.05) is 19.5 Å². The first-order chi connectivity index (χ1) is 9.26. The maximum absolute atomic E-state index is 11.5. The van der Waals surface area contributed by atoms with E-state index in [2.05, 4.69) is 17.6 Å². The molecule has 1 aromatic rings. The van der Waals surface area contributed by atoms with Crippen LogP contribution >= 0.6 is 12.4 Å². The number of aryl methyl sites for hydroxylation is 1. The van der Waals surface area contributed by atoms with Crippen molar-refractivity contribution in [3.8, 4) is 5.75 Å². The molecule has 0 heterocycles. The normalized spacial score (nSPS) is 9.70. The molecule has 1 rings (SSSR count). The third kappa shape index (κ3) is 8.02. The number of amides is 1. The van der Waals surface area contributed by atoms with Crippen LogP contribution in [-0.4, -0.2) is 32.7 Å². The van der Waals surface area contributed by atoms with Gasteiger partial charge in [-0.1, -0.05) is 19.1 Å². The smallest absolute Gasteiger partial charge is 0.220 e. The van der Waals surface area contributed by atoms with Gasteiger partial charge in [-0.15, -0.1) is 12.4 Å². The number of carbonyl (C=O) groups excluding carboxylic acids is 1. The molecule has 2 N–H and O–H groups in total. The monoisotopic (exact) mass is 300 g/mol. The summed E-state index contributed by atoms with van der Waals surface area (Å²) in [4.78, 5) is 11.5. The summed E-state index contributed by atoms with van der Waals surface area (Å²) in [6, 6.07) is 7.96. The molecule has 0 fully saturated rings. The number of rotatable bonds is 9. The topological polar surface area (TPSA) is 50.4 Å². The Bertz CT molecular complexity index is 369. The summed E-state index contributed by atoms with van der Waals surface area (Å²) in [5.41, 5.74) is 1.16. The molecular formula is C15H25ClN2O2. The first-order valence-corrected chi connectivity index (χ1v) is 6.89. The van der Waals surface area contributed by atoms with E-state index in [-0.39, 0.29) is 18.3 Å². The van der Waals surface area contributed by atoms with Gasteiger partial charge in [-0.25, -0.2) is 0 Å². The first kappa shape index (κ1) is 18.7. The van der Waals surface area contributed by atoms with E-state index in [1.807, 2.05) is 31.3 Å². The Morgan fingerprint density at radius 3 is 2.50 bits per heavy atom. The Hall–Kier alpha value is -1.26. The Kier molecular flexibility index (Phi) is 10.8. The summed E-state index contributed by atoms with van der Waals surface area (Å²) in [7, 11) is 1.87. The number of carbonyl (C=O) groups is 1. The Labute approximate surface area is 127 Å². The molecule has 0 aromatic heterocycles. The predicted octanol–water partition coefficient (Wildman–Crippen LogP) is 2.17. The van der Waals surface area contributed by atoms with Gasteiger partial charge in [-0.3, -0.25) is 4.79 Å². The van der Waals surface area contributed by atoms with E-state index in [0.29, 0.717) is 13.0 Å². The zero-order valence-corrected chi connectivity index (χ0v) is 13.1. The van der Waals surface area contributed by atoms with Gasteiger partial charge in [-0.2, -0.15) is 0 Å². The largest absolute Gasteiger partial charge is 0.494 e. The zero-order valence-electron chi connectivity index (χ0n) is 12.3. The van der Waals surface area contributed by atoms with Crippen molar-refractivity contribution < 1.29 is 9.53 Å². The second-order valence-electron chi connectivity index (χ2n) is 4.45. The summed E-state index contributed by atoms with van der Waals surface area (Å²) in [5, 5.41) is 5.86. The van der Waals surface area contributed by atoms with Crippen LogP contribution in [0.15, 0.2) is 24.3 Å². The van der Waals surface area contributed by atoms with Gasteiger partial charge in [0.15, 0.2) is 0 Å². The van der Waals surface area contributed by atoms with Crippen molar-refractivity contribution in [3.63, 3.8) is 0 Å². The molecule has 0 radical (unpaired) electrons.